The van der Waals surface area contributed by atoms with Crippen LogP contribution in [0.15, 0.2) is 21.5 Å². The van der Waals surface area contributed by atoms with Crippen molar-refractivity contribution in [2.75, 3.05) is 7.05 Å². The third-order valence-corrected chi connectivity index (χ3v) is 5.59. The monoisotopic (exact) mass is 380 g/mol. The van der Waals surface area contributed by atoms with Crippen molar-refractivity contribution < 1.29 is 12.8 Å². The number of rotatable bonds is 7. The molecule has 0 heterocycles. The molecule has 0 spiro atoms. The third kappa shape index (κ3) is 4.74. The summed E-state index contributed by atoms with van der Waals surface area (Å²) in [6.45, 7) is 5.99. The van der Waals surface area contributed by atoms with Gasteiger partial charge in [0.1, 0.15) is 10.7 Å². The zero-order chi connectivity index (χ0) is 16.2. The summed E-state index contributed by atoms with van der Waals surface area (Å²) >= 11 is 3.23. The molecule has 1 rings (SSSR count). The molecule has 2 N–H and O–H groups in total. The zero-order valence-corrected chi connectivity index (χ0v) is 15.1. The van der Waals surface area contributed by atoms with Crippen LogP contribution in [0.1, 0.15) is 32.8 Å². The molecule has 21 heavy (non-hydrogen) atoms. The van der Waals surface area contributed by atoms with Crippen LogP contribution in [0.3, 0.4) is 0 Å². The van der Waals surface area contributed by atoms with Gasteiger partial charge in [0.05, 0.1) is 0 Å². The molecule has 1 aromatic rings. The lowest BCUT2D eigenvalue weighted by Gasteiger charge is -2.20. The second kappa shape index (κ2) is 7.67. The molecule has 0 amide bonds. The van der Waals surface area contributed by atoms with Gasteiger partial charge in [0.15, 0.2) is 0 Å². The Hall–Kier alpha value is -0.500. The van der Waals surface area contributed by atoms with Crippen LogP contribution in [0, 0.1) is 11.7 Å². The maximum Gasteiger partial charge on any atom is 0.243 e. The van der Waals surface area contributed by atoms with Crippen LogP contribution in [-0.2, 0) is 16.6 Å². The molecular weight excluding hydrogens is 359 g/mol. The highest BCUT2D eigenvalue weighted by molar-refractivity contribution is 9.10. The van der Waals surface area contributed by atoms with Crippen LogP contribution in [0.4, 0.5) is 4.39 Å². The molecule has 0 bridgehead atoms. The van der Waals surface area contributed by atoms with Gasteiger partial charge in [-0.15, -0.1) is 0 Å². The average Bonchev–Trinajstić information content (AvgIpc) is 2.41. The van der Waals surface area contributed by atoms with E-state index in [4.69, 9.17) is 0 Å². The van der Waals surface area contributed by atoms with Gasteiger partial charge in [-0.05, 0) is 32.0 Å². The fourth-order valence-corrected chi connectivity index (χ4v) is 4.07. The maximum atomic E-state index is 14.4. The number of hydrogen-bond donors (Lipinski definition) is 2. The predicted octanol–water partition coefficient (Wildman–Crippen LogP) is 3.02. The van der Waals surface area contributed by atoms with E-state index < -0.39 is 15.8 Å². The Bertz CT molecular complexity index is 593. The van der Waals surface area contributed by atoms with Crippen molar-refractivity contribution in [1.82, 2.24) is 10.0 Å². The Balaban J connectivity index is 3.19. The summed E-state index contributed by atoms with van der Waals surface area (Å²) in [5.74, 6) is -0.539. The maximum absolute atomic E-state index is 14.4. The van der Waals surface area contributed by atoms with E-state index in [1.54, 1.807) is 20.0 Å². The molecule has 0 aliphatic heterocycles. The normalized spacial score (nSPS) is 15.0. The summed E-state index contributed by atoms with van der Waals surface area (Å²) in [6.07, 6.45) is 0.843. The van der Waals surface area contributed by atoms with E-state index in [1.807, 2.05) is 13.8 Å². The van der Waals surface area contributed by atoms with Gasteiger partial charge in [-0.2, -0.15) is 0 Å². The summed E-state index contributed by atoms with van der Waals surface area (Å²) in [5.41, 5.74) is 0.309. The number of hydrogen-bond acceptors (Lipinski definition) is 3. The van der Waals surface area contributed by atoms with Crippen molar-refractivity contribution in [2.45, 2.75) is 44.7 Å². The molecule has 0 aliphatic rings. The summed E-state index contributed by atoms with van der Waals surface area (Å²) in [5, 5.41) is 2.82. The first-order valence-electron chi connectivity index (χ1n) is 6.87. The molecule has 2 unspecified atom stereocenters. The van der Waals surface area contributed by atoms with Crippen LogP contribution in [0.5, 0.6) is 0 Å². The molecular formula is C14H22BrFN2O2S. The Morgan fingerprint density at radius 2 is 1.95 bits per heavy atom. The molecule has 4 nitrogen and oxygen atoms in total. The van der Waals surface area contributed by atoms with Crippen molar-refractivity contribution >= 4 is 26.0 Å². The second-order valence-corrected chi connectivity index (χ2v) is 7.80. The van der Waals surface area contributed by atoms with E-state index in [1.165, 1.54) is 6.07 Å². The minimum atomic E-state index is -3.89. The Kier molecular flexibility index (Phi) is 6.77. The first-order chi connectivity index (χ1) is 9.72. The van der Waals surface area contributed by atoms with Gasteiger partial charge in [0.2, 0.25) is 10.0 Å². The highest BCUT2D eigenvalue weighted by Crippen LogP contribution is 2.25. The Labute approximate surface area is 134 Å². The van der Waals surface area contributed by atoms with Crippen molar-refractivity contribution in [3.63, 3.8) is 0 Å². The lowest BCUT2D eigenvalue weighted by atomic mass is 10.0. The molecule has 0 aliphatic carbocycles. The first kappa shape index (κ1) is 18.5. The average molecular weight is 381 g/mol. The van der Waals surface area contributed by atoms with Gasteiger partial charge in [-0.3, -0.25) is 0 Å². The molecule has 0 saturated heterocycles. The van der Waals surface area contributed by atoms with Crippen LogP contribution >= 0.6 is 15.9 Å². The van der Waals surface area contributed by atoms with Crippen LogP contribution in [-0.4, -0.2) is 21.5 Å². The van der Waals surface area contributed by atoms with Gasteiger partial charge in [-0.25, -0.2) is 17.5 Å². The van der Waals surface area contributed by atoms with Gasteiger partial charge < -0.3 is 5.32 Å². The number of nitrogens with one attached hydrogen (secondary N) is 2. The van der Waals surface area contributed by atoms with Gasteiger partial charge >= 0.3 is 0 Å². The molecule has 7 heteroatoms. The molecule has 0 radical (unpaired) electrons. The molecule has 0 saturated carbocycles. The fraction of sp³-hybridized carbons (Fsp3) is 0.571. The van der Waals surface area contributed by atoms with Crippen LogP contribution < -0.4 is 10.0 Å². The molecule has 0 aromatic heterocycles. The van der Waals surface area contributed by atoms with Gasteiger partial charge in [-0.1, -0.05) is 36.2 Å². The Morgan fingerprint density at radius 3 is 2.48 bits per heavy atom. The lowest BCUT2D eigenvalue weighted by molar-refractivity contribution is 0.432. The predicted molar refractivity (Wildman–Crippen MR) is 86.1 cm³/mol. The number of halogens is 2. The van der Waals surface area contributed by atoms with Gasteiger partial charge in [0, 0.05) is 22.6 Å². The summed E-state index contributed by atoms with van der Waals surface area (Å²) < 4.78 is 42.3. The van der Waals surface area contributed by atoms with Crippen LogP contribution in [0.2, 0.25) is 0 Å². The SMILES string of the molecule is CCC(C)C(C)NS(=O)(=O)c1cc(Br)cc(CNC)c1F. The summed E-state index contributed by atoms with van der Waals surface area (Å²) in [4.78, 5) is -0.322. The van der Waals surface area contributed by atoms with Crippen molar-refractivity contribution in [1.29, 1.82) is 0 Å². The fourth-order valence-electron chi connectivity index (χ4n) is 1.91. The van der Waals surface area contributed by atoms with E-state index in [2.05, 4.69) is 26.0 Å². The van der Waals surface area contributed by atoms with E-state index in [0.717, 1.165) is 6.42 Å². The lowest BCUT2D eigenvalue weighted by Crippen LogP contribution is -2.37. The highest BCUT2D eigenvalue weighted by Gasteiger charge is 2.25. The molecule has 2 atom stereocenters. The standard InChI is InChI=1S/C14H22BrFN2O2S/c1-5-9(2)10(3)18-21(19,20)13-7-12(15)6-11(8-17-4)14(13)16/h6-7,9-10,17-18H,5,8H2,1-4H3. The first-order valence-corrected chi connectivity index (χ1v) is 9.15. The zero-order valence-electron chi connectivity index (χ0n) is 12.7. The number of benzene rings is 1. The third-order valence-electron chi connectivity index (χ3n) is 3.57. The summed E-state index contributed by atoms with van der Waals surface area (Å²) in [7, 11) is -2.21. The topological polar surface area (TPSA) is 58.2 Å². The highest BCUT2D eigenvalue weighted by atomic mass is 79.9. The largest absolute Gasteiger partial charge is 0.316 e. The van der Waals surface area contributed by atoms with Gasteiger partial charge in [0.25, 0.3) is 0 Å². The number of sulfonamides is 1. The quantitative estimate of drug-likeness (QED) is 0.764. The molecule has 0 fully saturated rings. The Morgan fingerprint density at radius 1 is 1.33 bits per heavy atom. The van der Waals surface area contributed by atoms with E-state index in [9.17, 15) is 12.8 Å². The van der Waals surface area contributed by atoms with Crippen LogP contribution in [0.25, 0.3) is 0 Å². The van der Waals surface area contributed by atoms with Crippen molar-refractivity contribution in [3.8, 4) is 0 Å². The van der Waals surface area contributed by atoms with Crippen molar-refractivity contribution in [2.24, 2.45) is 5.92 Å². The molecule has 1 aromatic carbocycles. The minimum Gasteiger partial charge on any atom is -0.316 e. The van der Waals surface area contributed by atoms with Crippen molar-refractivity contribution in [3.05, 3.63) is 28.0 Å². The second-order valence-electron chi connectivity index (χ2n) is 5.20. The van der Waals surface area contributed by atoms with E-state index >= 15 is 0 Å². The minimum absolute atomic E-state index is 0.173. The summed E-state index contributed by atoms with van der Waals surface area (Å²) in [6, 6.07) is 2.61. The molecule has 120 valence electrons. The van der Waals surface area contributed by atoms with E-state index in [-0.39, 0.29) is 23.4 Å². The smallest absolute Gasteiger partial charge is 0.243 e. The van der Waals surface area contributed by atoms with E-state index in [0.29, 0.717) is 10.0 Å².